The van der Waals surface area contributed by atoms with E-state index in [0.717, 1.165) is 12.5 Å². The Labute approximate surface area is 89.3 Å². The van der Waals surface area contributed by atoms with Crippen molar-refractivity contribution in [3.63, 3.8) is 0 Å². The zero-order chi connectivity index (χ0) is 11.4. The van der Waals surface area contributed by atoms with Gasteiger partial charge in [0.25, 0.3) is 0 Å². The lowest BCUT2D eigenvalue weighted by atomic mass is 9.85. The van der Waals surface area contributed by atoms with Crippen LogP contribution < -0.4 is 5.73 Å². The van der Waals surface area contributed by atoms with Gasteiger partial charge in [-0.3, -0.25) is 0 Å². The number of hydrogen-bond donors (Lipinski definition) is 1. The van der Waals surface area contributed by atoms with E-state index in [1.807, 2.05) is 13.8 Å². The molecule has 0 bridgehead atoms. The molecule has 1 nitrogen and oxygen atoms in total. The summed E-state index contributed by atoms with van der Waals surface area (Å²) in [6.45, 7) is 4.50. The van der Waals surface area contributed by atoms with Gasteiger partial charge in [-0.25, -0.2) is 8.78 Å². The molecule has 0 aliphatic heterocycles. The molecule has 2 atom stereocenters. The fourth-order valence-electron chi connectivity index (χ4n) is 1.77. The molecular formula is C12H17F2N. The third kappa shape index (κ3) is 2.99. The quantitative estimate of drug-likeness (QED) is 0.817. The molecule has 0 heterocycles. The molecule has 1 rings (SSSR count). The summed E-state index contributed by atoms with van der Waals surface area (Å²) in [6.07, 6.45) is 0.944. The topological polar surface area (TPSA) is 26.0 Å². The third-order valence-electron chi connectivity index (χ3n) is 2.90. The van der Waals surface area contributed by atoms with Gasteiger partial charge in [-0.2, -0.15) is 0 Å². The summed E-state index contributed by atoms with van der Waals surface area (Å²) < 4.78 is 26.0. The van der Waals surface area contributed by atoms with Gasteiger partial charge in [0.1, 0.15) is 11.6 Å². The van der Waals surface area contributed by atoms with Crippen LogP contribution in [0.2, 0.25) is 0 Å². The molecule has 0 aliphatic rings. The van der Waals surface area contributed by atoms with Crippen molar-refractivity contribution in [3.05, 3.63) is 35.4 Å². The van der Waals surface area contributed by atoms with Gasteiger partial charge in [0.05, 0.1) is 0 Å². The molecule has 1 aromatic rings. The first-order valence-electron chi connectivity index (χ1n) is 5.24. The summed E-state index contributed by atoms with van der Waals surface area (Å²) in [7, 11) is 0. The van der Waals surface area contributed by atoms with E-state index in [0.29, 0.717) is 18.0 Å². The highest BCUT2D eigenvalue weighted by Crippen LogP contribution is 2.26. The van der Waals surface area contributed by atoms with Crippen LogP contribution in [0.15, 0.2) is 18.2 Å². The molecule has 0 aliphatic carbocycles. The summed E-state index contributed by atoms with van der Waals surface area (Å²) in [5, 5.41) is 0. The van der Waals surface area contributed by atoms with E-state index in [9.17, 15) is 8.78 Å². The molecule has 84 valence electrons. The van der Waals surface area contributed by atoms with Gasteiger partial charge in [-0.15, -0.1) is 0 Å². The lowest BCUT2D eigenvalue weighted by Gasteiger charge is -2.21. The monoisotopic (exact) mass is 213 g/mol. The summed E-state index contributed by atoms with van der Waals surface area (Å²) >= 11 is 0. The summed E-state index contributed by atoms with van der Waals surface area (Å²) in [5.41, 5.74) is 6.29. The van der Waals surface area contributed by atoms with Crippen LogP contribution in [0, 0.1) is 17.6 Å². The second kappa shape index (κ2) is 5.21. The Balaban J connectivity index is 3.01. The molecule has 0 amide bonds. The Hall–Kier alpha value is -0.960. The van der Waals surface area contributed by atoms with Crippen LogP contribution in [0.3, 0.4) is 0 Å². The Morgan fingerprint density at radius 1 is 1.20 bits per heavy atom. The lowest BCUT2D eigenvalue weighted by molar-refractivity contribution is 0.447. The van der Waals surface area contributed by atoms with Gasteiger partial charge in [0, 0.05) is 6.07 Å². The smallest absolute Gasteiger partial charge is 0.126 e. The average molecular weight is 213 g/mol. The van der Waals surface area contributed by atoms with E-state index in [-0.39, 0.29) is 5.92 Å². The average Bonchev–Trinajstić information content (AvgIpc) is 2.17. The highest BCUT2D eigenvalue weighted by atomic mass is 19.1. The lowest BCUT2D eigenvalue weighted by Crippen LogP contribution is -2.19. The Bertz CT molecular complexity index is 305. The fraction of sp³-hybridized carbons (Fsp3) is 0.500. The second-order valence-corrected chi connectivity index (χ2v) is 3.93. The van der Waals surface area contributed by atoms with Gasteiger partial charge in [0.2, 0.25) is 0 Å². The minimum Gasteiger partial charge on any atom is -0.330 e. The SMILES string of the molecule is CCC(C)C(CN)c1cc(F)cc(F)c1. The maximum absolute atomic E-state index is 13.0. The molecule has 2 N–H and O–H groups in total. The molecule has 0 radical (unpaired) electrons. The van der Waals surface area contributed by atoms with E-state index >= 15 is 0 Å². The van der Waals surface area contributed by atoms with E-state index < -0.39 is 11.6 Å². The van der Waals surface area contributed by atoms with Gasteiger partial charge < -0.3 is 5.73 Å². The van der Waals surface area contributed by atoms with Crippen LogP contribution in [0.25, 0.3) is 0 Å². The predicted octanol–water partition coefficient (Wildman–Crippen LogP) is 3.05. The van der Waals surface area contributed by atoms with E-state index in [1.54, 1.807) is 0 Å². The maximum Gasteiger partial charge on any atom is 0.126 e. The maximum atomic E-state index is 13.0. The number of hydrogen-bond acceptors (Lipinski definition) is 1. The van der Waals surface area contributed by atoms with Crippen molar-refractivity contribution < 1.29 is 8.78 Å². The molecule has 0 spiro atoms. The third-order valence-corrected chi connectivity index (χ3v) is 2.90. The van der Waals surface area contributed by atoms with Crippen molar-refractivity contribution in [2.75, 3.05) is 6.54 Å². The van der Waals surface area contributed by atoms with Crippen LogP contribution >= 0.6 is 0 Å². The van der Waals surface area contributed by atoms with Crippen LogP contribution in [0.5, 0.6) is 0 Å². The van der Waals surface area contributed by atoms with Crippen LogP contribution in [-0.2, 0) is 0 Å². The Morgan fingerprint density at radius 2 is 1.73 bits per heavy atom. The second-order valence-electron chi connectivity index (χ2n) is 3.93. The first-order valence-corrected chi connectivity index (χ1v) is 5.24. The highest BCUT2D eigenvalue weighted by molar-refractivity contribution is 5.22. The first kappa shape index (κ1) is 12.1. The molecule has 15 heavy (non-hydrogen) atoms. The summed E-state index contributed by atoms with van der Waals surface area (Å²) in [5.74, 6) is -0.713. The molecule has 2 unspecified atom stereocenters. The molecule has 0 aromatic heterocycles. The Morgan fingerprint density at radius 3 is 2.13 bits per heavy atom. The zero-order valence-corrected chi connectivity index (χ0v) is 9.13. The highest BCUT2D eigenvalue weighted by Gasteiger charge is 2.17. The van der Waals surface area contributed by atoms with Gasteiger partial charge in [-0.05, 0) is 36.1 Å². The molecule has 0 fully saturated rings. The molecule has 0 saturated carbocycles. The van der Waals surface area contributed by atoms with E-state index in [1.165, 1.54) is 12.1 Å². The molecule has 0 saturated heterocycles. The molecular weight excluding hydrogens is 196 g/mol. The van der Waals surface area contributed by atoms with E-state index in [4.69, 9.17) is 5.73 Å². The number of benzene rings is 1. The summed E-state index contributed by atoms with van der Waals surface area (Å²) in [4.78, 5) is 0. The van der Waals surface area contributed by atoms with Gasteiger partial charge in [0.15, 0.2) is 0 Å². The zero-order valence-electron chi connectivity index (χ0n) is 9.13. The van der Waals surface area contributed by atoms with Gasteiger partial charge in [-0.1, -0.05) is 20.3 Å². The normalized spacial score (nSPS) is 15.0. The largest absolute Gasteiger partial charge is 0.330 e. The van der Waals surface area contributed by atoms with E-state index in [2.05, 4.69) is 0 Å². The number of rotatable bonds is 4. The predicted molar refractivity (Wildman–Crippen MR) is 57.6 cm³/mol. The van der Waals surface area contributed by atoms with Crippen molar-refractivity contribution >= 4 is 0 Å². The number of nitrogens with two attached hydrogens (primary N) is 1. The van der Waals surface area contributed by atoms with Crippen molar-refractivity contribution in [1.29, 1.82) is 0 Å². The number of halogens is 2. The minimum atomic E-state index is -0.535. The molecule has 1 aromatic carbocycles. The van der Waals surface area contributed by atoms with Crippen molar-refractivity contribution in [2.24, 2.45) is 11.7 Å². The van der Waals surface area contributed by atoms with Crippen molar-refractivity contribution in [3.8, 4) is 0 Å². The fourth-order valence-corrected chi connectivity index (χ4v) is 1.77. The summed E-state index contributed by atoms with van der Waals surface area (Å²) in [6, 6.07) is 3.62. The Kier molecular flexibility index (Phi) is 4.21. The van der Waals surface area contributed by atoms with Gasteiger partial charge >= 0.3 is 0 Å². The standard InChI is InChI=1S/C12H17F2N/c1-3-8(2)12(7-15)9-4-10(13)6-11(14)5-9/h4-6,8,12H,3,7,15H2,1-2H3. The molecule has 3 heteroatoms. The van der Waals surface area contributed by atoms with Crippen molar-refractivity contribution in [2.45, 2.75) is 26.2 Å². The van der Waals surface area contributed by atoms with Crippen molar-refractivity contribution in [1.82, 2.24) is 0 Å². The minimum absolute atomic E-state index is 0.0280. The van der Waals surface area contributed by atoms with Crippen LogP contribution in [0.1, 0.15) is 31.7 Å². The first-order chi connectivity index (χ1) is 7.08. The van der Waals surface area contributed by atoms with Crippen LogP contribution in [0.4, 0.5) is 8.78 Å². The van der Waals surface area contributed by atoms with Crippen LogP contribution in [-0.4, -0.2) is 6.54 Å².